The number of hydrogen-bond acceptors (Lipinski definition) is 7. The quantitative estimate of drug-likeness (QED) is 0.190. The molecule has 1 fully saturated rings. The number of aliphatic hydroxyl groups excluding tert-OH is 1. The number of pyridine rings is 1. The van der Waals surface area contributed by atoms with Crippen LogP contribution in [0.25, 0.3) is 16.5 Å². The third-order valence-electron chi connectivity index (χ3n) is 6.74. The number of aliphatic hydroxyl groups is 1. The molecule has 198 valence electrons. The Balaban J connectivity index is 1.66. The van der Waals surface area contributed by atoms with Crippen molar-refractivity contribution in [2.75, 3.05) is 20.8 Å². The van der Waals surface area contributed by atoms with Crippen molar-refractivity contribution >= 4 is 28.2 Å². The summed E-state index contributed by atoms with van der Waals surface area (Å²) in [5.41, 5.74) is 1.78. The van der Waals surface area contributed by atoms with Crippen molar-refractivity contribution < 1.29 is 28.9 Å². The number of Topliss-reactive ketones (excluding diaryl/α,β-unsaturated/α-hetero) is 1. The van der Waals surface area contributed by atoms with Crippen molar-refractivity contribution in [2.45, 2.75) is 19.5 Å². The first-order valence-corrected chi connectivity index (χ1v) is 12.5. The molecule has 1 aliphatic heterocycles. The summed E-state index contributed by atoms with van der Waals surface area (Å²) < 4.78 is 16.5. The van der Waals surface area contributed by atoms with E-state index in [-0.39, 0.29) is 17.9 Å². The van der Waals surface area contributed by atoms with Crippen LogP contribution in [-0.2, 0) is 16.1 Å². The summed E-state index contributed by atoms with van der Waals surface area (Å²) in [6.45, 7) is 2.45. The smallest absolute Gasteiger partial charge is 0.295 e. The van der Waals surface area contributed by atoms with Crippen molar-refractivity contribution in [1.82, 2.24) is 9.88 Å². The predicted octanol–water partition coefficient (Wildman–Crippen LogP) is 5.27. The molecule has 1 atom stereocenters. The fourth-order valence-corrected chi connectivity index (χ4v) is 4.86. The number of hydrogen-bond donors (Lipinski definition) is 1. The maximum atomic E-state index is 13.5. The molecule has 1 amide bonds. The van der Waals surface area contributed by atoms with Crippen molar-refractivity contribution in [3.8, 4) is 17.2 Å². The number of rotatable bonds is 8. The van der Waals surface area contributed by atoms with E-state index in [0.717, 1.165) is 16.3 Å². The molecule has 0 saturated carbocycles. The number of amides is 1. The first kappa shape index (κ1) is 25.8. The van der Waals surface area contributed by atoms with Gasteiger partial charge >= 0.3 is 0 Å². The molecule has 2 heterocycles. The molecule has 1 unspecified atom stereocenters. The van der Waals surface area contributed by atoms with Crippen LogP contribution >= 0.6 is 0 Å². The summed E-state index contributed by atoms with van der Waals surface area (Å²) >= 11 is 0. The third kappa shape index (κ3) is 4.88. The summed E-state index contributed by atoms with van der Waals surface area (Å²) in [7, 11) is 3.13. The summed E-state index contributed by atoms with van der Waals surface area (Å²) in [5, 5.41) is 13.3. The molecule has 0 radical (unpaired) electrons. The van der Waals surface area contributed by atoms with E-state index < -0.39 is 17.7 Å². The average Bonchev–Trinajstić information content (AvgIpc) is 3.22. The number of fused-ring (bicyclic) bond motifs is 1. The van der Waals surface area contributed by atoms with Crippen LogP contribution in [0.1, 0.15) is 29.7 Å². The number of aromatic nitrogens is 1. The fourth-order valence-electron chi connectivity index (χ4n) is 4.86. The van der Waals surface area contributed by atoms with Crippen LogP contribution in [0.2, 0.25) is 0 Å². The Hall–Kier alpha value is -4.85. The lowest BCUT2D eigenvalue weighted by molar-refractivity contribution is -0.140. The predicted molar refractivity (Wildman–Crippen MR) is 147 cm³/mol. The Kier molecular flexibility index (Phi) is 7.19. The lowest BCUT2D eigenvalue weighted by Crippen LogP contribution is -2.29. The molecule has 5 rings (SSSR count). The minimum absolute atomic E-state index is 0.00275. The van der Waals surface area contributed by atoms with Gasteiger partial charge in [-0.1, -0.05) is 30.3 Å². The Bertz CT molecular complexity index is 1580. The molecule has 1 saturated heterocycles. The van der Waals surface area contributed by atoms with E-state index in [1.54, 1.807) is 55.9 Å². The molecule has 39 heavy (non-hydrogen) atoms. The lowest BCUT2D eigenvalue weighted by atomic mass is 9.94. The average molecular weight is 525 g/mol. The number of ether oxygens (including phenoxy) is 3. The van der Waals surface area contributed by atoms with Crippen LogP contribution in [0, 0.1) is 0 Å². The molecule has 3 aromatic carbocycles. The van der Waals surface area contributed by atoms with E-state index in [1.807, 2.05) is 37.3 Å². The second kappa shape index (κ2) is 10.9. The molecule has 1 aliphatic rings. The third-order valence-corrected chi connectivity index (χ3v) is 6.74. The van der Waals surface area contributed by atoms with Gasteiger partial charge in [-0.3, -0.25) is 14.6 Å². The first-order chi connectivity index (χ1) is 18.9. The van der Waals surface area contributed by atoms with Gasteiger partial charge in [-0.25, -0.2) is 0 Å². The van der Waals surface area contributed by atoms with Crippen LogP contribution in [0.15, 0.2) is 84.7 Å². The van der Waals surface area contributed by atoms with Crippen LogP contribution in [0.3, 0.4) is 0 Å². The zero-order valence-electron chi connectivity index (χ0n) is 21.9. The molecule has 1 N–H and O–H groups in total. The van der Waals surface area contributed by atoms with Gasteiger partial charge in [0.15, 0.2) is 11.5 Å². The number of carbonyl (C=O) groups excluding carboxylic acids is 2. The number of nitrogens with zero attached hydrogens (tertiary/aromatic N) is 2. The van der Waals surface area contributed by atoms with Gasteiger partial charge in [-0.2, -0.15) is 0 Å². The van der Waals surface area contributed by atoms with Gasteiger partial charge in [-0.05, 0) is 65.2 Å². The minimum atomic E-state index is -0.860. The molecule has 4 aromatic rings. The van der Waals surface area contributed by atoms with Gasteiger partial charge in [0.05, 0.1) is 32.4 Å². The van der Waals surface area contributed by atoms with Gasteiger partial charge in [0.25, 0.3) is 11.7 Å². The van der Waals surface area contributed by atoms with Gasteiger partial charge in [0.2, 0.25) is 0 Å². The maximum absolute atomic E-state index is 13.5. The summed E-state index contributed by atoms with van der Waals surface area (Å²) in [6, 6.07) is 18.9. The summed E-state index contributed by atoms with van der Waals surface area (Å²) in [5.74, 6) is -0.00529. The Morgan fingerprint density at radius 2 is 1.74 bits per heavy atom. The van der Waals surface area contributed by atoms with Crippen LogP contribution in [0.5, 0.6) is 17.2 Å². The second-order valence-corrected chi connectivity index (χ2v) is 9.06. The highest BCUT2D eigenvalue weighted by Gasteiger charge is 2.46. The molecular formula is C31H28N2O6. The van der Waals surface area contributed by atoms with Crippen molar-refractivity contribution in [2.24, 2.45) is 0 Å². The molecule has 0 bridgehead atoms. The van der Waals surface area contributed by atoms with E-state index in [2.05, 4.69) is 4.98 Å². The van der Waals surface area contributed by atoms with E-state index in [0.29, 0.717) is 35.0 Å². The Morgan fingerprint density at radius 1 is 0.949 bits per heavy atom. The van der Waals surface area contributed by atoms with Crippen LogP contribution < -0.4 is 14.2 Å². The largest absolute Gasteiger partial charge is 0.507 e. The molecule has 1 aromatic heterocycles. The standard InChI is InChI=1S/C31H28N2O6/c1-4-39-25-12-10-22(16-26(25)38-3)28-27(30(35)31(36)33(28)18-19-6-5-13-32-17-19)29(34)23-8-7-21-15-24(37-2)11-9-20(21)14-23/h5-17,28,34H,4,18H2,1-3H3/b29-27+. The summed E-state index contributed by atoms with van der Waals surface area (Å²) in [4.78, 5) is 32.5. The van der Waals surface area contributed by atoms with Gasteiger partial charge in [0, 0.05) is 24.5 Å². The Morgan fingerprint density at radius 3 is 2.46 bits per heavy atom. The van der Waals surface area contributed by atoms with E-state index >= 15 is 0 Å². The van der Waals surface area contributed by atoms with Crippen LogP contribution in [-0.4, -0.2) is 47.5 Å². The van der Waals surface area contributed by atoms with E-state index in [4.69, 9.17) is 14.2 Å². The second-order valence-electron chi connectivity index (χ2n) is 9.06. The number of methoxy groups -OCH3 is 2. The van der Waals surface area contributed by atoms with Gasteiger partial charge < -0.3 is 24.2 Å². The zero-order chi connectivity index (χ0) is 27.5. The molecular weight excluding hydrogens is 496 g/mol. The number of benzene rings is 3. The van der Waals surface area contributed by atoms with Crippen LogP contribution in [0.4, 0.5) is 0 Å². The SMILES string of the molecule is CCOc1ccc(C2/C(=C(\O)c3ccc4cc(OC)ccc4c3)C(=O)C(=O)N2Cc2cccnc2)cc1OC. The number of likely N-dealkylation sites (tertiary alicyclic amines) is 1. The fraction of sp³-hybridized carbons (Fsp3) is 0.194. The molecule has 8 nitrogen and oxygen atoms in total. The summed E-state index contributed by atoms with van der Waals surface area (Å²) in [6.07, 6.45) is 3.29. The molecule has 0 spiro atoms. The highest BCUT2D eigenvalue weighted by Crippen LogP contribution is 2.43. The van der Waals surface area contributed by atoms with Crippen molar-refractivity contribution in [3.05, 3.63) is 101 Å². The topological polar surface area (TPSA) is 98.2 Å². The Labute approximate surface area is 226 Å². The molecule has 0 aliphatic carbocycles. The molecule has 8 heteroatoms. The van der Waals surface area contributed by atoms with Gasteiger partial charge in [0.1, 0.15) is 11.5 Å². The first-order valence-electron chi connectivity index (χ1n) is 12.5. The number of ketones is 1. The van der Waals surface area contributed by atoms with E-state index in [1.165, 1.54) is 12.0 Å². The van der Waals surface area contributed by atoms with Gasteiger partial charge in [-0.15, -0.1) is 0 Å². The monoisotopic (exact) mass is 524 g/mol. The number of carbonyl (C=O) groups is 2. The van der Waals surface area contributed by atoms with Crippen molar-refractivity contribution in [3.63, 3.8) is 0 Å². The van der Waals surface area contributed by atoms with E-state index in [9.17, 15) is 14.7 Å². The van der Waals surface area contributed by atoms with Crippen molar-refractivity contribution in [1.29, 1.82) is 0 Å². The minimum Gasteiger partial charge on any atom is -0.507 e. The normalized spacial score (nSPS) is 16.5. The highest BCUT2D eigenvalue weighted by molar-refractivity contribution is 6.46. The highest BCUT2D eigenvalue weighted by atomic mass is 16.5. The lowest BCUT2D eigenvalue weighted by Gasteiger charge is -2.26. The maximum Gasteiger partial charge on any atom is 0.295 e. The zero-order valence-corrected chi connectivity index (χ0v) is 21.9.